The Hall–Kier alpha value is -2.59. The molecule has 0 unspecified atom stereocenters. The molecule has 0 aliphatic carbocycles. The van der Waals surface area contributed by atoms with Crippen molar-refractivity contribution in [2.24, 2.45) is 0 Å². The first-order valence-corrected chi connectivity index (χ1v) is 8.09. The molecule has 1 amide bonds. The van der Waals surface area contributed by atoms with E-state index in [9.17, 15) is 4.79 Å². The third kappa shape index (κ3) is 4.03. The number of carbonyl (C=O) groups is 1. The minimum atomic E-state index is -0.138. The molecule has 0 saturated carbocycles. The number of halogens is 1. The second-order valence-electron chi connectivity index (χ2n) is 5.69. The molecule has 0 aliphatic rings. The number of nitrogens with zero attached hydrogens (tertiary/aromatic N) is 2. The van der Waals surface area contributed by atoms with Crippen LogP contribution in [0.3, 0.4) is 0 Å². The standard InChI is InChI=1S/C19H18ClN3O/c1-14-6-8-15(9-7-14)10-21-19(24)17-11-22-23(13-17)12-16-4-2-3-5-18(16)20/h2-9,11,13H,10,12H2,1H3,(H,21,24). The number of hydrogen-bond acceptors (Lipinski definition) is 2. The number of hydrogen-bond donors (Lipinski definition) is 1. The molecular formula is C19H18ClN3O. The number of rotatable bonds is 5. The molecule has 0 fully saturated rings. The van der Waals surface area contributed by atoms with E-state index in [2.05, 4.69) is 10.4 Å². The highest BCUT2D eigenvalue weighted by Gasteiger charge is 2.09. The van der Waals surface area contributed by atoms with Crippen LogP contribution in [0.5, 0.6) is 0 Å². The Morgan fingerprint density at radius 2 is 1.92 bits per heavy atom. The number of aromatic nitrogens is 2. The van der Waals surface area contributed by atoms with E-state index >= 15 is 0 Å². The Balaban J connectivity index is 1.61. The molecule has 0 atom stereocenters. The van der Waals surface area contributed by atoms with Crippen LogP contribution in [0.15, 0.2) is 60.9 Å². The summed E-state index contributed by atoms with van der Waals surface area (Å²) in [5.41, 5.74) is 3.77. The summed E-state index contributed by atoms with van der Waals surface area (Å²) in [6.45, 7) is 3.06. The molecule has 3 aromatic rings. The van der Waals surface area contributed by atoms with Gasteiger partial charge in [0.15, 0.2) is 0 Å². The lowest BCUT2D eigenvalue weighted by molar-refractivity contribution is 0.0951. The molecule has 0 aliphatic heterocycles. The van der Waals surface area contributed by atoms with Crippen LogP contribution in [0.25, 0.3) is 0 Å². The normalized spacial score (nSPS) is 10.6. The van der Waals surface area contributed by atoms with Gasteiger partial charge in [-0.05, 0) is 24.1 Å². The van der Waals surface area contributed by atoms with Crippen LogP contribution in [0.4, 0.5) is 0 Å². The van der Waals surface area contributed by atoms with Crippen LogP contribution >= 0.6 is 11.6 Å². The zero-order valence-corrected chi connectivity index (χ0v) is 14.1. The first-order valence-electron chi connectivity index (χ1n) is 7.71. The van der Waals surface area contributed by atoms with Crippen molar-refractivity contribution in [3.8, 4) is 0 Å². The Morgan fingerprint density at radius 3 is 2.67 bits per heavy atom. The molecule has 5 heteroatoms. The highest BCUT2D eigenvalue weighted by Crippen LogP contribution is 2.16. The molecule has 3 rings (SSSR count). The maximum Gasteiger partial charge on any atom is 0.254 e. The van der Waals surface area contributed by atoms with E-state index in [1.807, 2.05) is 55.5 Å². The topological polar surface area (TPSA) is 46.9 Å². The molecule has 1 aromatic heterocycles. The molecular weight excluding hydrogens is 322 g/mol. The summed E-state index contributed by atoms with van der Waals surface area (Å²) in [6.07, 6.45) is 3.30. The van der Waals surface area contributed by atoms with Gasteiger partial charge in [0, 0.05) is 17.8 Å². The average Bonchev–Trinajstić information content (AvgIpc) is 3.05. The molecule has 0 spiro atoms. The fourth-order valence-electron chi connectivity index (χ4n) is 2.36. The van der Waals surface area contributed by atoms with Gasteiger partial charge in [0.1, 0.15) is 0 Å². The number of aryl methyl sites for hydroxylation is 1. The molecule has 1 N–H and O–H groups in total. The summed E-state index contributed by atoms with van der Waals surface area (Å²) < 4.78 is 1.71. The van der Waals surface area contributed by atoms with E-state index in [1.54, 1.807) is 17.1 Å². The monoisotopic (exact) mass is 339 g/mol. The number of nitrogens with one attached hydrogen (secondary N) is 1. The summed E-state index contributed by atoms with van der Waals surface area (Å²) in [5.74, 6) is -0.138. The van der Waals surface area contributed by atoms with Gasteiger partial charge < -0.3 is 5.32 Å². The van der Waals surface area contributed by atoms with Crippen molar-refractivity contribution in [3.63, 3.8) is 0 Å². The summed E-state index contributed by atoms with van der Waals surface area (Å²) in [5, 5.41) is 7.84. The number of amides is 1. The van der Waals surface area contributed by atoms with Crippen molar-refractivity contribution in [2.75, 3.05) is 0 Å². The Bertz CT molecular complexity index is 840. The Morgan fingerprint density at radius 1 is 1.17 bits per heavy atom. The predicted octanol–water partition coefficient (Wildman–Crippen LogP) is 3.82. The Kier molecular flexibility index (Phi) is 4.96. The minimum absolute atomic E-state index is 0.138. The van der Waals surface area contributed by atoms with Gasteiger partial charge >= 0.3 is 0 Å². The van der Waals surface area contributed by atoms with Gasteiger partial charge in [0.05, 0.1) is 18.3 Å². The van der Waals surface area contributed by atoms with Gasteiger partial charge in [-0.15, -0.1) is 0 Å². The first-order chi connectivity index (χ1) is 11.6. The largest absolute Gasteiger partial charge is 0.348 e. The van der Waals surface area contributed by atoms with Crippen molar-refractivity contribution < 1.29 is 4.79 Å². The fourth-order valence-corrected chi connectivity index (χ4v) is 2.55. The van der Waals surface area contributed by atoms with Crippen molar-refractivity contribution in [1.29, 1.82) is 0 Å². The molecule has 4 nitrogen and oxygen atoms in total. The van der Waals surface area contributed by atoms with E-state index in [-0.39, 0.29) is 5.91 Å². The molecule has 0 saturated heterocycles. The van der Waals surface area contributed by atoms with Gasteiger partial charge in [0.2, 0.25) is 0 Å². The predicted molar refractivity (Wildman–Crippen MR) is 95.1 cm³/mol. The molecule has 2 aromatic carbocycles. The molecule has 24 heavy (non-hydrogen) atoms. The van der Waals surface area contributed by atoms with Gasteiger partial charge in [-0.3, -0.25) is 9.48 Å². The lowest BCUT2D eigenvalue weighted by Crippen LogP contribution is -2.22. The minimum Gasteiger partial charge on any atom is -0.348 e. The molecule has 1 heterocycles. The SMILES string of the molecule is Cc1ccc(CNC(=O)c2cnn(Cc3ccccc3Cl)c2)cc1. The highest BCUT2D eigenvalue weighted by atomic mass is 35.5. The van der Waals surface area contributed by atoms with E-state index in [1.165, 1.54) is 5.56 Å². The summed E-state index contributed by atoms with van der Waals surface area (Å²) in [4.78, 5) is 12.2. The van der Waals surface area contributed by atoms with Gasteiger partial charge in [0.25, 0.3) is 5.91 Å². The van der Waals surface area contributed by atoms with Gasteiger partial charge in [-0.2, -0.15) is 5.10 Å². The zero-order chi connectivity index (χ0) is 16.9. The second-order valence-corrected chi connectivity index (χ2v) is 6.09. The van der Waals surface area contributed by atoms with E-state index in [0.29, 0.717) is 23.7 Å². The van der Waals surface area contributed by atoms with Crippen LogP contribution in [0, 0.1) is 6.92 Å². The fraction of sp³-hybridized carbons (Fsp3) is 0.158. The number of benzene rings is 2. The summed E-state index contributed by atoms with van der Waals surface area (Å²) in [7, 11) is 0. The van der Waals surface area contributed by atoms with Crippen LogP contribution in [-0.2, 0) is 13.1 Å². The third-order valence-electron chi connectivity index (χ3n) is 3.76. The summed E-state index contributed by atoms with van der Waals surface area (Å²) in [6, 6.07) is 15.7. The molecule has 0 bridgehead atoms. The van der Waals surface area contributed by atoms with Crippen LogP contribution in [-0.4, -0.2) is 15.7 Å². The molecule has 122 valence electrons. The Labute approximate surface area is 146 Å². The maximum absolute atomic E-state index is 12.2. The first kappa shape index (κ1) is 16.3. The van der Waals surface area contributed by atoms with Crippen LogP contribution in [0.1, 0.15) is 27.0 Å². The van der Waals surface area contributed by atoms with Crippen molar-refractivity contribution >= 4 is 17.5 Å². The van der Waals surface area contributed by atoms with Crippen molar-refractivity contribution in [3.05, 3.63) is 88.2 Å². The summed E-state index contributed by atoms with van der Waals surface area (Å²) >= 11 is 6.15. The third-order valence-corrected chi connectivity index (χ3v) is 4.13. The van der Waals surface area contributed by atoms with E-state index in [0.717, 1.165) is 11.1 Å². The maximum atomic E-state index is 12.2. The van der Waals surface area contributed by atoms with E-state index in [4.69, 9.17) is 11.6 Å². The lowest BCUT2D eigenvalue weighted by Gasteiger charge is -2.05. The quantitative estimate of drug-likeness (QED) is 0.768. The van der Waals surface area contributed by atoms with E-state index < -0.39 is 0 Å². The van der Waals surface area contributed by atoms with Crippen molar-refractivity contribution in [2.45, 2.75) is 20.0 Å². The van der Waals surface area contributed by atoms with Crippen LogP contribution < -0.4 is 5.32 Å². The average molecular weight is 340 g/mol. The molecule has 0 radical (unpaired) electrons. The zero-order valence-electron chi connectivity index (χ0n) is 13.4. The van der Waals surface area contributed by atoms with Gasteiger partial charge in [-0.25, -0.2) is 0 Å². The smallest absolute Gasteiger partial charge is 0.254 e. The van der Waals surface area contributed by atoms with Gasteiger partial charge in [-0.1, -0.05) is 59.6 Å². The van der Waals surface area contributed by atoms with Crippen molar-refractivity contribution in [1.82, 2.24) is 15.1 Å². The number of carbonyl (C=O) groups excluding carboxylic acids is 1. The highest BCUT2D eigenvalue weighted by molar-refractivity contribution is 6.31. The van der Waals surface area contributed by atoms with Crippen LogP contribution in [0.2, 0.25) is 5.02 Å². The second kappa shape index (κ2) is 7.32. The lowest BCUT2D eigenvalue weighted by atomic mass is 10.1.